The van der Waals surface area contributed by atoms with E-state index in [1.54, 1.807) is 62.3 Å². The van der Waals surface area contributed by atoms with Gasteiger partial charge in [-0.05, 0) is 98.3 Å². The number of likely N-dealkylation sites (tertiary alicyclic amines) is 1. The third kappa shape index (κ3) is 21.9. The standard InChI is InChI=1S/C46H77N7O12/c1-14-17-30(38(57)43(62)47-25-15-2)49-41(60)34-18-16-26-53(34)44(63)33(20-19-27(3)4)51-42(61)37(28(5)6)52-40(59)32(22-24-36(56)65-46(11,12)13)50-39(58)31(48-29(7)54)21-23-35(55)64-45(8,9)10/h15,27-28,30-34,37H,2,14,16-26H2,1,3-13H3,(H,47,62)(H,48,54)(H,49,60)(H,50,58)(H,51,61)(H,52,59)/t30-,31+,32+,33+,34+,37+/m1/s1. The molecule has 1 heterocycles. The van der Waals surface area contributed by atoms with Gasteiger partial charge in [0.1, 0.15) is 41.4 Å². The van der Waals surface area contributed by atoms with Gasteiger partial charge in [-0.25, -0.2) is 0 Å². The second-order valence-electron chi connectivity index (χ2n) is 19.2. The zero-order valence-corrected chi connectivity index (χ0v) is 40.7. The van der Waals surface area contributed by atoms with Crippen molar-refractivity contribution in [2.75, 3.05) is 13.1 Å². The van der Waals surface area contributed by atoms with E-state index >= 15 is 0 Å². The molecule has 1 rings (SSSR count). The minimum atomic E-state index is -1.43. The molecule has 1 aliphatic rings. The molecule has 19 heteroatoms. The Kier molecular flexibility index (Phi) is 24.1. The zero-order chi connectivity index (χ0) is 49.8. The summed E-state index contributed by atoms with van der Waals surface area (Å²) in [6, 6.07) is -7.19. The molecule has 368 valence electrons. The van der Waals surface area contributed by atoms with Crippen molar-refractivity contribution in [1.82, 2.24) is 36.8 Å². The molecule has 6 N–H and O–H groups in total. The first-order valence-electron chi connectivity index (χ1n) is 22.8. The Balaban J connectivity index is 3.43. The van der Waals surface area contributed by atoms with E-state index in [9.17, 15) is 47.9 Å². The average molecular weight is 920 g/mol. The highest BCUT2D eigenvalue weighted by Gasteiger charge is 2.40. The van der Waals surface area contributed by atoms with Crippen molar-refractivity contribution in [3.05, 3.63) is 12.7 Å². The van der Waals surface area contributed by atoms with E-state index in [0.29, 0.717) is 19.3 Å². The number of amides is 7. The van der Waals surface area contributed by atoms with E-state index in [1.165, 1.54) is 17.9 Å². The lowest BCUT2D eigenvalue weighted by atomic mass is 9.99. The van der Waals surface area contributed by atoms with Crippen LogP contribution < -0.4 is 31.9 Å². The number of esters is 2. The molecule has 0 spiro atoms. The number of ketones is 1. The first-order valence-corrected chi connectivity index (χ1v) is 22.8. The van der Waals surface area contributed by atoms with Crippen molar-refractivity contribution in [3.63, 3.8) is 0 Å². The van der Waals surface area contributed by atoms with E-state index in [4.69, 9.17) is 9.47 Å². The van der Waals surface area contributed by atoms with Crippen LogP contribution >= 0.6 is 0 Å². The fraction of sp³-hybridized carbons (Fsp3) is 0.739. The van der Waals surface area contributed by atoms with Crippen molar-refractivity contribution in [2.24, 2.45) is 11.8 Å². The van der Waals surface area contributed by atoms with Crippen molar-refractivity contribution in [1.29, 1.82) is 0 Å². The number of carbonyl (C=O) groups is 10. The molecule has 7 amide bonds. The van der Waals surface area contributed by atoms with Crippen LogP contribution in [0, 0.1) is 11.8 Å². The Morgan fingerprint density at radius 2 is 1.20 bits per heavy atom. The largest absolute Gasteiger partial charge is 0.460 e. The van der Waals surface area contributed by atoms with Gasteiger partial charge >= 0.3 is 11.9 Å². The van der Waals surface area contributed by atoms with Crippen molar-refractivity contribution < 1.29 is 57.4 Å². The summed E-state index contributed by atoms with van der Waals surface area (Å²) in [5, 5.41) is 15.7. The molecule has 0 aliphatic carbocycles. The van der Waals surface area contributed by atoms with Crippen LogP contribution in [0.4, 0.5) is 0 Å². The van der Waals surface area contributed by atoms with E-state index in [2.05, 4.69) is 38.5 Å². The monoisotopic (exact) mass is 920 g/mol. The molecule has 0 bridgehead atoms. The predicted octanol–water partition coefficient (Wildman–Crippen LogP) is 2.43. The minimum Gasteiger partial charge on any atom is -0.460 e. The predicted molar refractivity (Wildman–Crippen MR) is 242 cm³/mol. The minimum absolute atomic E-state index is 0.0669. The first-order chi connectivity index (χ1) is 30.1. The van der Waals surface area contributed by atoms with Crippen LogP contribution in [0.3, 0.4) is 0 Å². The lowest BCUT2D eigenvalue weighted by Crippen LogP contribution is -2.60. The second kappa shape index (κ2) is 27.2. The fourth-order valence-corrected chi connectivity index (χ4v) is 6.91. The summed E-state index contributed by atoms with van der Waals surface area (Å²) in [4.78, 5) is 134. The maximum atomic E-state index is 14.3. The molecule has 0 aromatic carbocycles. The molecule has 0 saturated carbocycles. The Labute approximate surface area is 384 Å². The topological polar surface area (TPSA) is 265 Å². The highest BCUT2D eigenvalue weighted by Crippen LogP contribution is 2.22. The molecular formula is C46H77N7O12. The number of ether oxygens (including phenoxy) is 2. The molecule has 65 heavy (non-hydrogen) atoms. The molecule has 0 radical (unpaired) electrons. The average Bonchev–Trinajstić information content (AvgIpc) is 3.68. The normalized spacial score (nSPS) is 16.2. The van der Waals surface area contributed by atoms with Gasteiger partial charge in [-0.3, -0.25) is 47.9 Å². The smallest absolute Gasteiger partial charge is 0.306 e. The van der Waals surface area contributed by atoms with Crippen molar-refractivity contribution >= 4 is 59.1 Å². The van der Waals surface area contributed by atoms with Gasteiger partial charge in [0.2, 0.25) is 41.2 Å². The lowest BCUT2D eigenvalue weighted by Gasteiger charge is -2.32. The Morgan fingerprint density at radius 3 is 1.68 bits per heavy atom. The summed E-state index contributed by atoms with van der Waals surface area (Å²) >= 11 is 0. The summed E-state index contributed by atoms with van der Waals surface area (Å²) in [5.74, 6) is -7.53. The van der Waals surface area contributed by atoms with Crippen molar-refractivity contribution in [3.8, 4) is 0 Å². The van der Waals surface area contributed by atoms with Gasteiger partial charge in [-0.2, -0.15) is 0 Å². The summed E-state index contributed by atoms with van der Waals surface area (Å²) in [6.07, 6.45) is 2.54. The molecule has 1 aliphatic heterocycles. The Hall–Kier alpha value is -5.36. The number of hydrogen-bond acceptors (Lipinski definition) is 12. The van der Waals surface area contributed by atoms with Gasteiger partial charge in [0.15, 0.2) is 0 Å². The third-order valence-corrected chi connectivity index (χ3v) is 10.0. The van der Waals surface area contributed by atoms with Crippen LogP contribution in [-0.4, -0.2) is 125 Å². The molecule has 0 unspecified atom stereocenters. The highest BCUT2D eigenvalue weighted by molar-refractivity contribution is 6.38. The number of rotatable bonds is 26. The first kappa shape index (κ1) is 57.7. The SMILES string of the molecule is C=CCNC(=O)C(=O)[C@@H](CCC)NC(=O)[C@@H]1CCCN1C(=O)[C@H](CCC(C)C)NC(=O)[C@@H](NC(=O)[C@H](CCC(=O)OC(C)(C)C)NC(=O)[C@H](CCC(=O)OC(C)(C)C)NC(C)=O)C(C)C. The van der Waals surface area contributed by atoms with Crippen LogP contribution in [0.25, 0.3) is 0 Å². The van der Waals surface area contributed by atoms with Gasteiger partial charge < -0.3 is 46.3 Å². The lowest BCUT2D eigenvalue weighted by molar-refractivity contribution is -0.156. The van der Waals surface area contributed by atoms with Gasteiger partial charge in [-0.1, -0.05) is 47.1 Å². The molecular weight excluding hydrogens is 843 g/mol. The summed E-state index contributed by atoms with van der Waals surface area (Å²) in [6.45, 7) is 24.1. The molecule has 1 saturated heterocycles. The van der Waals surface area contributed by atoms with Crippen LogP contribution in [0.1, 0.15) is 147 Å². The molecule has 1 fully saturated rings. The number of carbonyl (C=O) groups excluding carboxylic acids is 10. The van der Waals surface area contributed by atoms with Crippen LogP contribution in [0.15, 0.2) is 12.7 Å². The Bertz CT molecular complexity index is 1700. The van der Waals surface area contributed by atoms with Gasteiger partial charge in [0, 0.05) is 32.9 Å². The van der Waals surface area contributed by atoms with Crippen LogP contribution in [-0.2, 0) is 57.4 Å². The van der Waals surface area contributed by atoms with E-state index in [-0.39, 0.29) is 64.0 Å². The highest BCUT2D eigenvalue weighted by atomic mass is 16.6. The third-order valence-electron chi connectivity index (χ3n) is 10.0. The van der Waals surface area contributed by atoms with Crippen LogP contribution in [0.2, 0.25) is 0 Å². The number of Topliss-reactive ketones (excluding diaryl/α,β-unsaturated/α-hetero) is 1. The second-order valence-corrected chi connectivity index (χ2v) is 19.2. The van der Waals surface area contributed by atoms with Gasteiger partial charge in [0.05, 0.1) is 6.04 Å². The van der Waals surface area contributed by atoms with E-state index in [1.807, 2.05) is 13.8 Å². The zero-order valence-electron chi connectivity index (χ0n) is 40.7. The quantitative estimate of drug-likeness (QED) is 0.0415. The van der Waals surface area contributed by atoms with Crippen LogP contribution in [0.5, 0.6) is 0 Å². The maximum absolute atomic E-state index is 14.3. The number of nitrogens with zero attached hydrogens (tertiary/aromatic N) is 1. The number of hydrogen-bond donors (Lipinski definition) is 6. The summed E-state index contributed by atoms with van der Waals surface area (Å²) in [5.41, 5.74) is -1.64. The van der Waals surface area contributed by atoms with E-state index in [0.717, 1.165) is 0 Å². The summed E-state index contributed by atoms with van der Waals surface area (Å²) < 4.78 is 10.8. The van der Waals surface area contributed by atoms with E-state index < -0.39 is 112 Å². The summed E-state index contributed by atoms with van der Waals surface area (Å²) in [7, 11) is 0. The molecule has 6 atom stereocenters. The van der Waals surface area contributed by atoms with Gasteiger partial charge in [-0.15, -0.1) is 6.58 Å². The van der Waals surface area contributed by atoms with Gasteiger partial charge in [0.25, 0.3) is 5.91 Å². The molecule has 19 nitrogen and oxygen atoms in total. The van der Waals surface area contributed by atoms with Crippen molar-refractivity contribution in [2.45, 2.75) is 195 Å². The molecule has 0 aromatic rings. The molecule has 0 aromatic heterocycles. The number of nitrogens with one attached hydrogen (secondary N) is 6. The Morgan fingerprint density at radius 1 is 0.677 bits per heavy atom. The maximum Gasteiger partial charge on any atom is 0.306 e. The fourth-order valence-electron chi connectivity index (χ4n) is 6.91.